The van der Waals surface area contributed by atoms with Crippen LogP contribution in [0.25, 0.3) is 0 Å². The van der Waals surface area contributed by atoms with Crippen molar-refractivity contribution in [2.45, 2.75) is 26.2 Å². The molecule has 2 N–H and O–H groups in total. The number of nitrogens with two attached hydrogens (primary N) is 1. The molecule has 1 atom stereocenters. The molecule has 13 heavy (non-hydrogen) atoms. The minimum atomic E-state index is 0.755. The monoisotopic (exact) mass is 261 g/mol. The average molecular weight is 262 g/mol. The molecule has 0 saturated carbocycles. The number of thiophene rings is 1. The number of aryl methyl sites for hydroxylation is 1. The van der Waals surface area contributed by atoms with E-state index < -0.39 is 0 Å². The normalized spacial score (nSPS) is 13.2. The van der Waals surface area contributed by atoms with Gasteiger partial charge in [0.05, 0.1) is 3.79 Å². The van der Waals surface area contributed by atoms with Crippen molar-refractivity contribution in [1.29, 1.82) is 0 Å². The molecule has 0 spiro atoms. The highest BCUT2D eigenvalue weighted by atomic mass is 79.9. The van der Waals surface area contributed by atoms with Crippen molar-refractivity contribution in [3.8, 4) is 0 Å². The molecule has 0 saturated heterocycles. The smallest absolute Gasteiger partial charge is 0.0701 e. The molecular weight excluding hydrogens is 246 g/mol. The standard InChI is InChI=1S/C10H16BrNS/c1-8(6-7-12)2-3-9-4-5-10(11)13-9/h4-5,8H,2-3,6-7,12H2,1H3. The van der Waals surface area contributed by atoms with Crippen molar-refractivity contribution in [3.05, 3.63) is 20.8 Å². The lowest BCUT2D eigenvalue weighted by Crippen LogP contribution is -2.06. The van der Waals surface area contributed by atoms with Crippen LogP contribution in [0.2, 0.25) is 0 Å². The second-order valence-corrected chi connectivity index (χ2v) is 5.97. The van der Waals surface area contributed by atoms with Gasteiger partial charge in [-0.1, -0.05) is 6.92 Å². The van der Waals surface area contributed by atoms with E-state index in [0.29, 0.717) is 0 Å². The lowest BCUT2D eigenvalue weighted by molar-refractivity contribution is 0.501. The van der Waals surface area contributed by atoms with Gasteiger partial charge >= 0.3 is 0 Å². The quantitative estimate of drug-likeness (QED) is 0.864. The maximum atomic E-state index is 5.50. The van der Waals surface area contributed by atoms with E-state index in [2.05, 4.69) is 35.0 Å². The second kappa shape index (κ2) is 5.78. The molecule has 0 aliphatic carbocycles. The van der Waals surface area contributed by atoms with E-state index in [9.17, 15) is 0 Å². The molecule has 0 aromatic carbocycles. The summed E-state index contributed by atoms with van der Waals surface area (Å²) in [6, 6.07) is 4.32. The van der Waals surface area contributed by atoms with Crippen molar-refractivity contribution in [3.63, 3.8) is 0 Å². The first-order chi connectivity index (χ1) is 6.22. The van der Waals surface area contributed by atoms with E-state index in [-0.39, 0.29) is 0 Å². The fraction of sp³-hybridized carbons (Fsp3) is 0.600. The van der Waals surface area contributed by atoms with Crippen LogP contribution in [-0.2, 0) is 6.42 Å². The largest absolute Gasteiger partial charge is 0.330 e. The third-order valence-electron chi connectivity index (χ3n) is 2.17. The lowest BCUT2D eigenvalue weighted by atomic mass is 10.0. The highest BCUT2D eigenvalue weighted by Gasteiger charge is 2.03. The van der Waals surface area contributed by atoms with Gasteiger partial charge in [0, 0.05) is 4.88 Å². The predicted molar refractivity (Wildman–Crippen MR) is 63.2 cm³/mol. The Morgan fingerprint density at radius 3 is 2.77 bits per heavy atom. The third-order valence-corrected chi connectivity index (χ3v) is 3.86. The van der Waals surface area contributed by atoms with E-state index in [4.69, 9.17) is 5.73 Å². The van der Waals surface area contributed by atoms with Crippen LogP contribution in [0.1, 0.15) is 24.6 Å². The maximum Gasteiger partial charge on any atom is 0.0701 e. The van der Waals surface area contributed by atoms with Crippen LogP contribution in [0.3, 0.4) is 0 Å². The van der Waals surface area contributed by atoms with Crippen molar-refractivity contribution in [2.75, 3.05) is 6.54 Å². The zero-order chi connectivity index (χ0) is 9.68. The molecule has 0 aliphatic rings. The van der Waals surface area contributed by atoms with Gasteiger partial charge in [-0.05, 0) is 59.8 Å². The van der Waals surface area contributed by atoms with Crippen LogP contribution >= 0.6 is 27.3 Å². The van der Waals surface area contributed by atoms with Gasteiger partial charge in [-0.2, -0.15) is 0 Å². The number of halogens is 1. The van der Waals surface area contributed by atoms with E-state index in [1.165, 1.54) is 21.5 Å². The molecule has 0 fully saturated rings. The summed E-state index contributed by atoms with van der Waals surface area (Å²) < 4.78 is 1.23. The Balaban J connectivity index is 2.26. The first-order valence-corrected chi connectivity index (χ1v) is 6.27. The Hall–Kier alpha value is 0.140. The molecule has 1 nitrogen and oxygen atoms in total. The fourth-order valence-electron chi connectivity index (χ4n) is 1.30. The molecule has 1 unspecified atom stereocenters. The van der Waals surface area contributed by atoms with Crippen LogP contribution in [0.5, 0.6) is 0 Å². The maximum absolute atomic E-state index is 5.50. The first-order valence-electron chi connectivity index (χ1n) is 4.66. The third kappa shape index (κ3) is 4.25. The molecular formula is C10H16BrNS. The summed E-state index contributed by atoms with van der Waals surface area (Å²) in [6.45, 7) is 3.09. The molecule has 0 aliphatic heterocycles. The number of hydrogen-bond acceptors (Lipinski definition) is 2. The zero-order valence-corrected chi connectivity index (χ0v) is 10.3. The highest BCUT2D eigenvalue weighted by Crippen LogP contribution is 2.24. The van der Waals surface area contributed by atoms with Gasteiger partial charge in [0.1, 0.15) is 0 Å². The van der Waals surface area contributed by atoms with E-state index in [1.54, 1.807) is 0 Å². The van der Waals surface area contributed by atoms with Crippen molar-refractivity contribution < 1.29 is 0 Å². The van der Waals surface area contributed by atoms with Crippen LogP contribution in [0.15, 0.2) is 15.9 Å². The van der Waals surface area contributed by atoms with Crippen LogP contribution in [-0.4, -0.2) is 6.54 Å². The predicted octanol–water partition coefficient (Wildman–Crippen LogP) is 3.43. The minimum absolute atomic E-state index is 0.755. The molecule has 74 valence electrons. The van der Waals surface area contributed by atoms with E-state index in [1.807, 2.05) is 11.3 Å². The van der Waals surface area contributed by atoms with Gasteiger partial charge in [0.15, 0.2) is 0 Å². The lowest BCUT2D eigenvalue weighted by Gasteiger charge is -2.07. The second-order valence-electron chi connectivity index (χ2n) is 3.43. The molecule has 1 heterocycles. The van der Waals surface area contributed by atoms with Gasteiger partial charge in [0.2, 0.25) is 0 Å². The molecule has 0 radical (unpaired) electrons. The Kier molecular flexibility index (Phi) is 4.99. The van der Waals surface area contributed by atoms with E-state index >= 15 is 0 Å². The number of hydrogen-bond donors (Lipinski definition) is 1. The molecule has 1 aromatic heterocycles. The minimum Gasteiger partial charge on any atom is -0.330 e. The van der Waals surface area contributed by atoms with Crippen LogP contribution in [0.4, 0.5) is 0 Å². The Morgan fingerprint density at radius 2 is 2.23 bits per heavy atom. The van der Waals surface area contributed by atoms with Gasteiger partial charge in [-0.25, -0.2) is 0 Å². The van der Waals surface area contributed by atoms with Crippen LogP contribution < -0.4 is 5.73 Å². The summed E-state index contributed by atoms with van der Waals surface area (Å²) in [4.78, 5) is 1.47. The van der Waals surface area contributed by atoms with Gasteiger partial charge in [0.25, 0.3) is 0 Å². The molecule has 3 heteroatoms. The number of rotatable bonds is 5. The van der Waals surface area contributed by atoms with Gasteiger partial charge in [-0.3, -0.25) is 0 Å². The summed E-state index contributed by atoms with van der Waals surface area (Å²) >= 11 is 5.30. The Labute approximate surface area is 92.5 Å². The highest BCUT2D eigenvalue weighted by molar-refractivity contribution is 9.11. The van der Waals surface area contributed by atoms with Crippen molar-refractivity contribution in [1.82, 2.24) is 0 Å². The van der Waals surface area contributed by atoms with Crippen LogP contribution in [0, 0.1) is 5.92 Å². The Bertz CT molecular complexity index is 247. The summed E-state index contributed by atoms with van der Waals surface area (Å²) in [7, 11) is 0. The first kappa shape index (κ1) is 11.2. The molecule has 0 bridgehead atoms. The van der Waals surface area contributed by atoms with E-state index in [0.717, 1.165) is 18.9 Å². The topological polar surface area (TPSA) is 26.0 Å². The fourth-order valence-corrected chi connectivity index (χ4v) is 2.80. The molecule has 1 rings (SSSR count). The van der Waals surface area contributed by atoms with Gasteiger partial charge in [-0.15, -0.1) is 11.3 Å². The Morgan fingerprint density at radius 1 is 1.46 bits per heavy atom. The van der Waals surface area contributed by atoms with Gasteiger partial charge < -0.3 is 5.73 Å². The van der Waals surface area contributed by atoms with Crippen molar-refractivity contribution >= 4 is 27.3 Å². The summed E-state index contributed by atoms with van der Waals surface area (Å²) in [5.41, 5.74) is 5.50. The molecule has 0 amide bonds. The summed E-state index contributed by atoms with van der Waals surface area (Å²) in [5, 5.41) is 0. The molecule has 1 aromatic rings. The average Bonchev–Trinajstić information content (AvgIpc) is 2.49. The summed E-state index contributed by atoms with van der Waals surface area (Å²) in [6.07, 6.45) is 3.59. The SMILES string of the molecule is CC(CCN)CCc1ccc(Br)s1. The zero-order valence-electron chi connectivity index (χ0n) is 7.92. The summed E-state index contributed by atoms with van der Waals surface area (Å²) in [5.74, 6) is 0.755. The van der Waals surface area contributed by atoms with Crippen molar-refractivity contribution in [2.24, 2.45) is 11.7 Å².